The Morgan fingerprint density at radius 3 is 1.85 bits per heavy atom. The van der Waals surface area contributed by atoms with Gasteiger partial charge < -0.3 is 36.6 Å². The first-order valence-corrected chi connectivity index (χ1v) is 42.6. The summed E-state index contributed by atoms with van der Waals surface area (Å²) < 4.78 is 16.5. The van der Waals surface area contributed by atoms with Crippen LogP contribution in [0.4, 0.5) is 0 Å². The number of nitrogens with zero attached hydrogens (tertiary/aromatic N) is 6. The number of amides is 6. The number of primary amides is 1. The van der Waals surface area contributed by atoms with Crippen LogP contribution in [0.25, 0.3) is 0 Å². The number of rotatable bonds is 20. The van der Waals surface area contributed by atoms with E-state index in [1.54, 1.807) is 40.2 Å². The number of carbonyl (C=O) groups excluding carboxylic acids is 12. The Morgan fingerprint density at radius 2 is 1.23 bits per heavy atom. The molecule has 8 rings (SSSR count). The van der Waals surface area contributed by atoms with Gasteiger partial charge in [-0.3, -0.25) is 38.4 Å². The Bertz CT molecular complexity index is 3100. The molecule has 2 unspecified atom stereocenters. The van der Waals surface area contributed by atoms with Gasteiger partial charge in [-0.25, -0.2) is 0 Å². The smallest absolute Gasteiger partial charge is 0.246 e. The van der Waals surface area contributed by atoms with Gasteiger partial charge in [-0.05, 0) is 86.3 Å². The SMILES string of the molecule is CCCCCC(=O)C[C@H]1CSCc2cc(CSCCCC(=O)CN3CCN4CCN5CCN(CC3)CC(=O)[O][In]([O]C(=O)C4)[O]C(=O)C5)cc(c2)CSCCCC(=O)[C@H](Cc2ccccc2)NC(=O)[C@H](CCC(N)=O)NC(=O)[C@H]([C@@H](C)O)NC(=O)[C@@H]2CCCN2C(=O)[C@@H]2CCCN2C1=O. The molecule has 0 aromatic heterocycles. The Labute approximate surface area is 602 Å². The molecule has 0 spiro atoms. The Morgan fingerprint density at radius 1 is 0.646 bits per heavy atom. The maximum absolute atomic E-state index is 15.0. The van der Waals surface area contributed by atoms with Crippen LogP contribution in [0.15, 0.2) is 48.5 Å². The van der Waals surface area contributed by atoms with Gasteiger partial charge in [0.1, 0.15) is 30.0 Å². The number of nitrogens with one attached hydrogen (secondary N) is 3. The standard InChI is InChI=1S/C69H102N10O16S3.In/c1-3-4-6-15-53(81)38-52-46-98-45-51-35-49(43-96-32-11-16-54(82)39-74-24-26-75(40-61(85)86)28-30-77(42-63(89)90)31-29-76(27-25-74)41-62(87)88)34-50(36-51)44-97-33-12-19-59(83)56(37-48-13-7-5-8-14-48)72-65(91)55(20-21-60(70)84)71-67(93)64(47(2)80)73-66(92)57-17-9-22-78(57)69(95)58-18-10-23-79(58)68(52)94;/h5,7-8,13-14,34-36,47,52,55-58,64,80H,3-4,6,9-12,15-33,37-46H2,1-2H3,(H2,70,84)(H,71,93)(H,72,91)(H,73,92)(H,85,86)(H,87,88)(H,89,90);/q;+3/p-3/t47-,52+,55+,56+,57+,58+,64+;/m1./s1. The van der Waals surface area contributed by atoms with Crippen molar-refractivity contribution in [3.05, 3.63) is 70.8 Å². The summed E-state index contributed by atoms with van der Waals surface area (Å²) >= 11 is 0.639. The average Bonchev–Trinajstić information content (AvgIpc) is 1.81. The molecule has 30 heteroatoms. The van der Waals surface area contributed by atoms with Crippen LogP contribution in [-0.2, 0) is 89.8 Å². The van der Waals surface area contributed by atoms with Crippen LogP contribution in [0, 0.1) is 5.92 Å². The fourth-order valence-electron chi connectivity index (χ4n) is 13.3. The number of carbonyl (C=O) groups is 12. The molecule has 6 aliphatic rings. The number of ketones is 3. The maximum atomic E-state index is 15.0. The van der Waals surface area contributed by atoms with Crippen molar-refractivity contribution in [3.8, 4) is 0 Å². The molecule has 0 aliphatic carbocycles. The summed E-state index contributed by atoms with van der Waals surface area (Å²) in [6.07, 6.45) is 4.00. The average molecular weight is 1540 g/mol. The summed E-state index contributed by atoms with van der Waals surface area (Å²) in [6.45, 7) is 7.71. The number of aliphatic hydroxyl groups excluding tert-OH is 1. The van der Waals surface area contributed by atoms with Crippen molar-refractivity contribution in [2.45, 2.75) is 170 Å². The number of unbranched alkanes of at least 4 members (excludes halogenated alkanes) is 2. The number of hydrogen-bond donors (Lipinski definition) is 5. The van der Waals surface area contributed by atoms with Crippen molar-refractivity contribution in [3.63, 3.8) is 0 Å². The molecule has 9 atom stereocenters. The molecule has 5 fully saturated rings. The van der Waals surface area contributed by atoms with Crippen LogP contribution in [0.1, 0.15) is 132 Å². The normalized spacial score (nSPS) is 26.3. The predicted octanol–water partition coefficient (Wildman–Crippen LogP) is 2.44. The first-order chi connectivity index (χ1) is 47.7. The van der Waals surface area contributed by atoms with Crippen LogP contribution >= 0.6 is 35.3 Å². The molecule has 2 aromatic carbocycles. The van der Waals surface area contributed by atoms with E-state index in [0.717, 1.165) is 35.1 Å². The molecule has 6 N–H and O–H groups in total. The van der Waals surface area contributed by atoms with Crippen molar-refractivity contribution >= 4 is 129 Å². The summed E-state index contributed by atoms with van der Waals surface area (Å²) in [7, 11) is 0. The summed E-state index contributed by atoms with van der Waals surface area (Å²) in [6, 6.07) is 9.58. The van der Waals surface area contributed by atoms with E-state index in [1.807, 2.05) is 45.0 Å². The van der Waals surface area contributed by atoms with E-state index in [2.05, 4.69) is 46.0 Å². The quantitative estimate of drug-likeness (QED) is 0.119. The summed E-state index contributed by atoms with van der Waals surface area (Å²) in [4.78, 5) is 176. The molecule has 6 aliphatic heterocycles. The zero-order valence-electron chi connectivity index (χ0n) is 57.2. The molecule has 26 nitrogen and oxygen atoms in total. The third kappa shape index (κ3) is 26.0. The van der Waals surface area contributed by atoms with Crippen LogP contribution in [0.5, 0.6) is 0 Å². The van der Waals surface area contributed by atoms with E-state index in [4.69, 9.17) is 14.3 Å². The molecule has 0 radical (unpaired) electrons. The summed E-state index contributed by atoms with van der Waals surface area (Å²) in [5.41, 5.74) is 9.44. The number of Topliss-reactive ketones (excluding diaryl/α,β-unsaturated/α-hetero) is 3. The van der Waals surface area contributed by atoms with E-state index in [-0.39, 0.29) is 101 Å². The van der Waals surface area contributed by atoms with Crippen molar-refractivity contribution in [2.24, 2.45) is 11.7 Å². The Hall–Kier alpha value is -5.60. The van der Waals surface area contributed by atoms with Gasteiger partial charge in [0, 0.05) is 61.8 Å². The van der Waals surface area contributed by atoms with Crippen LogP contribution in [0.3, 0.4) is 0 Å². The molecule has 2 aromatic rings. The Balaban J connectivity index is 0.981. The number of nitrogens with two attached hydrogens (primary N) is 1. The minimum absolute atomic E-state index is 0.0111. The van der Waals surface area contributed by atoms with Gasteiger partial charge >= 0.3 is 191 Å². The van der Waals surface area contributed by atoms with Crippen molar-refractivity contribution in [1.29, 1.82) is 0 Å². The molecular formula is C69H99InN10O16S3. The summed E-state index contributed by atoms with van der Waals surface area (Å²) in [5.74, 6) is -3.31. The van der Waals surface area contributed by atoms with Gasteiger partial charge in [-0.1, -0.05) is 68.3 Å². The van der Waals surface area contributed by atoms with Crippen molar-refractivity contribution < 1.29 is 71.2 Å². The van der Waals surface area contributed by atoms with Gasteiger partial charge in [0.15, 0.2) is 5.78 Å². The van der Waals surface area contributed by atoms with Gasteiger partial charge in [0.25, 0.3) is 0 Å². The summed E-state index contributed by atoms with van der Waals surface area (Å²) in [5, 5.41) is 19.1. The molecule has 542 valence electrons. The second kappa shape index (κ2) is 40.9. The predicted molar refractivity (Wildman–Crippen MR) is 376 cm³/mol. The minimum Gasteiger partial charge on any atom is -0.391 e. The van der Waals surface area contributed by atoms with Crippen molar-refractivity contribution in [2.75, 3.05) is 109 Å². The van der Waals surface area contributed by atoms with Crippen LogP contribution in [0.2, 0.25) is 0 Å². The van der Waals surface area contributed by atoms with Crippen LogP contribution in [-0.4, -0.2) is 273 Å². The molecule has 0 saturated carbocycles. The fraction of sp³-hybridized carbons (Fsp3) is 0.652. The van der Waals surface area contributed by atoms with E-state index in [9.17, 15) is 62.6 Å². The van der Waals surface area contributed by atoms with Crippen LogP contribution < -0.4 is 21.7 Å². The van der Waals surface area contributed by atoms with E-state index in [1.165, 1.54) is 11.8 Å². The minimum atomic E-state index is -4.28. The number of hydrogen-bond acceptors (Lipinski definition) is 23. The number of fused-ring (bicyclic) bond motifs is 11. The first-order valence-electron chi connectivity index (χ1n) is 35.1. The molecule has 99 heavy (non-hydrogen) atoms. The fourth-order valence-corrected chi connectivity index (χ4v) is 19.0. The zero-order valence-corrected chi connectivity index (χ0v) is 63.0. The van der Waals surface area contributed by atoms with E-state index < -0.39 is 112 Å². The Kier molecular flexibility index (Phi) is 32.7. The van der Waals surface area contributed by atoms with Crippen molar-refractivity contribution in [1.82, 2.24) is 45.3 Å². The number of aliphatic hydroxyl groups is 1. The monoisotopic (exact) mass is 1530 g/mol. The second-order valence-electron chi connectivity index (χ2n) is 26.7. The third-order valence-corrected chi connectivity index (χ3v) is 26.0. The largest absolute Gasteiger partial charge is 0.391 e. The zero-order chi connectivity index (χ0) is 70.8. The second-order valence-corrected chi connectivity index (χ2v) is 33.6. The van der Waals surface area contributed by atoms with Gasteiger partial charge in [-0.2, -0.15) is 35.3 Å². The third-order valence-electron chi connectivity index (χ3n) is 18.7. The number of thioether (sulfide) groups is 3. The van der Waals surface area contributed by atoms with Gasteiger partial charge in [0.05, 0.1) is 18.1 Å². The topological polar surface area (TPSA) is 334 Å². The molecule has 5 saturated heterocycles. The molecule has 6 amide bonds. The molecular weight excluding hydrogens is 1440 g/mol. The molecule has 6 bridgehead atoms. The number of benzene rings is 2. The van der Waals surface area contributed by atoms with Gasteiger partial charge in [-0.15, -0.1) is 0 Å². The van der Waals surface area contributed by atoms with E-state index >= 15 is 0 Å². The maximum Gasteiger partial charge on any atom is 0.246 e. The first kappa shape index (κ1) is 79.1. The van der Waals surface area contributed by atoms with E-state index in [0.29, 0.717) is 138 Å². The van der Waals surface area contributed by atoms with Gasteiger partial charge in [0.2, 0.25) is 35.4 Å². The molecule has 6 heterocycles.